The summed E-state index contributed by atoms with van der Waals surface area (Å²) in [6.07, 6.45) is 13.6. The van der Waals surface area contributed by atoms with Crippen molar-refractivity contribution in [3.8, 4) is 0 Å². The van der Waals surface area contributed by atoms with Gasteiger partial charge >= 0.3 is 0 Å². The fraction of sp³-hybridized carbons (Fsp3) is 0.844. The van der Waals surface area contributed by atoms with Gasteiger partial charge < -0.3 is 9.22 Å². The van der Waals surface area contributed by atoms with Crippen LogP contribution in [0.25, 0.3) is 0 Å². The summed E-state index contributed by atoms with van der Waals surface area (Å²) in [5.74, 6) is 2.32. The van der Waals surface area contributed by atoms with E-state index in [0.717, 1.165) is 44.9 Å². The van der Waals surface area contributed by atoms with Gasteiger partial charge in [-0.05, 0) is 112 Å². The monoisotopic (exact) mass is 562 g/mol. The molecular formula is C32H54O4SSi. The third-order valence-electron chi connectivity index (χ3n) is 11.3. The second-order valence-corrected chi connectivity index (χ2v) is 21.9. The molecule has 1 aliphatic heterocycles. The molecule has 0 amide bonds. The van der Waals surface area contributed by atoms with Gasteiger partial charge in [0.05, 0.1) is 5.75 Å². The molecule has 1 unspecified atom stereocenters. The van der Waals surface area contributed by atoms with Gasteiger partial charge in [-0.25, -0.2) is 8.42 Å². The van der Waals surface area contributed by atoms with Crippen LogP contribution in [0.5, 0.6) is 0 Å². The van der Waals surface area contributed by atoms with Crippen LogP contribution >= 0.6 is 0 Å². The van der Waals surface area contributed by atoms with Gasteiger partial charge in [-0.3, -0.25) is 0 Å². The third kappa shape index (κ3) is 5.98. The number of fused-ring (bicyclic) bond motifs is 1. The molecule has 0 aromatic carbocycles. The fourth-order valence-electron chi connectivity index (χ4n) is 8.20. The Labute approximate surface area is 234 Å². The molecule has 2 fully saturated rings. The number of rotatable bonds is 8. The Kier molecular flexibility index (Phi) is 8.70. The normalized spacial score (nSPS) is 35.3. The van der Waals surface area contributed by atoms with Crippen LogP contribution in [-0.2, 0) is 19.1 Å². The van der Waals surface area contributed by atoms with E-state index in [1.54, 1.807) is 6.92 Å². The summed E-state index contributed by atoms with van der Waals surface area (Å²) in [5.41, 5.74) is 4.03. The standard InChI is InChI=1S/C32H54O4SSi/c1-22(11-9-12-23(2)33)28-16-17-29-24(13-10-18-32(28,29)6)19-30-27-20-26(36-38(7,8)31(3,4)5)15-14-25(27)21-37(30,34)35/h19,22,26,28-30H,9-18,20-21H2,1-8H3/b24-19+/t22-,26+,28-,29+,30?,32-/m1/s1. The first kappa shape index (κ1) is 30.2. The molecule has 38 heavy (non-hydrogen) atoms. The van der Waals surface area contributed by atoms with Gasteiger partial charge in [0.2, 0.25) is 0 Å². The Hall–Kier alpha value is -0.723. The van der Waals surface area contributed by atoms with Crippen molar-refractivity contribution < 1.29 is 17.6 Å². The van der Waals surface area contributed by atoms with Crippen LogP contribution in [-0.4, -0.2) is 39.6 Å². The predicted octanol–water partition coefficient (Wildman–Crippen LogP) is 8.19. The van der Waals surface area contributed by atoms with Gasteiger partial charge in [0.25, 0.3) is 0 Å². The van der Waals surface area contributed by atoms with Crippen molar-refractivity contribution >= 4 is 23.9 Å². The Morgan fingerprint density at radius 2 is 1.89 bits per heavy atom. The highest BCUT2D eigenvalue weighted by atomic mass is 32.2. The van der Waals surface area contributed by atoms with Crippen LogP contribution in [0.3, 0.4) is 0 Å². The molecule has 4 nitrogen and oxygen atoms in total. The van der Waals surface area contributed by atoms with Crippen LogP contribution in [0.15, 0.2) is 22.8 Å². The van der Waals surface area contributed by atoms with E-state index < -0.39 is 23.4 Å². The summed E-state index contributed by atoms with van der Waals surface area (Å²) in [4.78, 5) is 11.5. The minimum atomic E-state index is -3.19. The Bertz CT molecular complexity index is 1080. The van der Waals surface area contributed by atoms with Crippen LogP contribution in [0.2, 0.25) is 18.1 Å². The number of Topliss-reactive ketones (excluding diaryl/α,β-unsaturated/α-hetero) is 1. The molecule has 3 aliphatic carbocycles. The minimum absolute atomic E-state index is 0.146. The van der Waals surface area contributed by atoms with Gasteiger partial charge in [-0.15, -0.1) is 0 Å². The highest BCUT2D eigenvalue weighted by Gasteiger charge is 2.51. The molecule has 0 N–H and O–H groups in total. The summed E-state index contributed by atoms with van der Waals surface area (Å²) in [6.45, 7) is 18.0. The molecule has 0 aromatic heterocycles. The maximum atomic E-state index is 13.5. The van der Waals surface area contributed by atoms with Crippen molar-refractivity contribution in [3.63, 3.8) is 0 Å². The van der Waals surface area contributed by atoms with Crippen LogP contribution in [0.4, 0.5) is 0 Å². The lowest BCUT2D eigenvalue weighted by Gasteiger charge is -2.45. The lowest BCUT2D eigenvalue weighted by atomic mass is 9.60. The number of ketones is 1. The zero-order valence-corrected chi connectivity index (χ0v) is 27.3. The topological polar surface area (TPSA) is 60.4 Å². The highest BCUT2D eigenvalue weighted by molar-refractivity contribution is 7.92. The van der Waals surface area contributed by atoms with E-state index in [1.165, 1.54) is 36.0 Å². The first-order valence-corrected chi connectivity index (χ1v) is 20.0. The summed E-state index contributed by atoms with van der Waals surface area (Å²) in [6, 6.07) is 0. The fourth-order valence-corrected chi connectivity index (χ4v) is 11.7. The van der Waals surface area contributed by atoms with Crippen LogP contribution < -0.4 is 0 Å². The molecule has 0 radical (unpaired) electrons. The van der Waals surface area contributed by atoms with Crippen molar-refractivity contribution in [2.24, 2.45) is 23.2 Å². The average Bonchev–Trinajstić information content (AvgIpc) is 3.26. The number of allylic oxidation sites excluding steroid dienone is 1. The molecular weight excluding hydrogens is 509 g/mol. The molecule has 2 saturated carbocycles. The number of carbonyl (C=O) groups excluding carboxylic acids is 1. The first-order valence-electron chi connectivity index (χ1n) is 15.4. The molecule has 0 saturated heterocycles. The molecule has 0 aromatic rings. The van der Waals surface area contributed by atoms with Gasteiger partial charge in [-0.2, -0.15) is 0 Å². The van der Waals surface area contributed by atoms with E-state index in [2.05, 4.69) is 53.8 Å². The summed E-state index contributed by atoms with van der Waals surface area (Å²) in [7, 11) is -5.09. The average molecular weight is 563 g/mol. The SMILES string of the molecule is CC(=O)CCC[C@@H](C)[C@H]1CC[C@H]2/C(=C/C3C4=C(CC[C@H](O[Si](C)(C)C(C)(C)C)C4)CS3(=O)=O)CCC[C@]12C. The third-order valence-corrected chi connectivity index (χ3v) is 17.8. The van der Waals surface area contributed by atoms with E-state index in [-0.39, 0.29) is 22.3 Å². The van der Waals surface area contributed by atoms with E-state index in [9.17, 15) is 13.2 Å². The van der Waals surface area contributed by atoms with E-state index in [1.807, 2.05) is 0 Å². The first-order chi connectivity index (χ1) is 17.5. The van der Waals surface area contributed by atoms with E-state index in [0.29, 0.717) is 30.0 Å². The second kappa shape index (κ2) is 10.9. The number of carbonyl (C=O) groups is 1. The van der Waals surface area contributed by atoms with Crippen LogP contribution in [0.1, 0.15) is 112 Å². The highest BCUT2D eigenvalue weighted by Crippen LogP contribution is 2.60. The zero-order chi connectivity index (χ0) is 28.1. The van der Waals surface area contributed by atoms with Gasteiger partial charge in [0.1, 0.15) is 11.0 Å². The minimum Gasteiger partial charge on any atom is -0.414 e. The van der Waals surface area contributed by atoms with Crippen molar-refractivity contribution in [2.45, 2.75) is 142 Å². The summed E-state index contributed by atoms with van der Waals surface area (Å²) >= 11 is 0. The maximum Gasteiger partial charge on any atom is 0.192 e. The number of sulfone groups is 1. The predicted molar refractivity (Wildman–Crippen MR) is 160 cm³/mol. The Morgan fingerprint density at radius 1 is 1.18 bits per heavy atom. The number of hydrogen-bond acceptors (Lipinski definition) is 4. The van der Waals surface area contributed by atoms with Crippen LogP contribution in [0, 0.1) is 23.2 Å². The Morgan fingerprint density at radius 3 is 2.55 bits per heavy atom. The Balaban J connectivity index is 1.53. The molecule has 4 aliphatic rings. The van der Waals surface area contributed by atoms with Gasteiger partial charge in [-0.1, -0.05) is 58.3 Å². The summed E-state index contributed by atoms with van der Waals surface area (Å²) in [5, 5.41) is -0.285. The number of hydrogen-bond donors (Lipinski definition) is 0. The smallest absolute Gasteiger partial charge is 0.192 e. The molecule has 216 valence electrons. The molecule has 6 heteroatoms. The van der Waals surface area contributed by atoms with E-state index in [4.69, 9.17) is 4.43 Å². The zero-order valence-electron chi connectivity index (χ0n) is 25.5. The van der Waals surface area contributed by atoms with Gasteiger partial charge in [0, 0.05) is 12.5 Å². The lowest BCUT2D eigenvalue weighted by Crippen LogP contribution is -2.44. The molecule has 0 bridgehead atoms. The van der Waals surface area contributed by atoms with Crippen molar-refractivity contribution in [2.75, 3.05) is 5.75 Å². The molecule has 1 heterocycles. The molecule has 6 atom stereocenters. The lowest BCUT2D eigenvalue weighted by molar-refractivity contribution is -0.117. The van der Waals surface area contributed by atoms with Crippen molar-refractivity contribution in [1.82, 2.24) is 0 Å². The second-order valence-electron chi connectivity index (χ2n) is 15.0. The quantitative estimate of drug-likeness (QED) is 0.221. The van der Waals surface area contributed by atoms with Crippen molar-refractivity contribution in [1.29, 1.82) is 0 Å². The van der Waals surface area contributed by atoms with Crippen molar-refractivity contribution in [3.05, 3.63) is 22.8 Å². The molecule has 0 spiro atoms. The van der Waals surface area contributed by atoms with Gasteiger partial charge in [0.15, 0.2) is 18.2 Å². The largest absolute Gasteiger partial charge is 0.414 e. The van der Waals surface area contributed by atoms with E-state index >= 15 is 0 Å². The molecule has 4 rings (SSSR count). The maximum absolute atomic E-state index is 13.5. The summed E-state index contributed by atoms with van der Waals surface area (Å²) < 4.78 is 33.8.